The van der Waals surface area contributed by atoms with E-state index in [0.717, 1.165) is 16.3 Å². The van der Waals surface area contributed by atoms with E-state index in [1.54, 1.807) is 0 Å². The first kappa shape index (κ1) is 18.5. The third-order valence-corrected chi connectivity index (χ3v) is 4.58. The predicted molar refractivity (Wildman–Crippen MR) is 111 cm³/mol. The molecule has 0 aliphatic carbocycles. The van der Waals surface area contributed by atoms with Gasteiger partial charge >= 0.3 is 6.03 Å². The fraction of sp³-hybridized carbons (Fsp3) is 0.0476. The maximum absolute atomic E-state index is 12.0. The molecule has 0 aromatic heterocycles. The Morgan fingerprint density at radius 3 is 1.67 bits per heavy atom. The van der Waals surface area contributed by atoms with Crippen molar-refractivity contribution in [1.29, 1.82) is 0 Å². The standard InChI is InChI=1S/C21H19N3O2S/c25-20(22-16-7-3-1-4-8-16)15-27-19-13-11-18(12-14-19)24-21(26)23-17-9-5-2-6-10-17/h1-14H,15H2,(H,22,25)(H2,23,24,26). The molecular formula is C21H19N3O2S. The van der Waals surface area contributed by atoms with Crippen molar-refractivity contribution in [2.45, 2.75) is 4.90 Å². The number of amides is 3. The molecule has 0 spiro atoms. The molecule has 0 fully saturated rings. The maximum atomic E-state index is 12.0. The monoisotopic (exact) mass is 377 g/mol. The van der Waals surface area contributed by atoms with Gasteiger partial charge < -0.3 is 16.0 Å². The van der Waals surface area contributed by atoms with Gasteiger partial charge in [-0.15, -0.1) is 11.8 Å². The van der Waals surface area contributed by atoms with Crippen molar-refractivity contribution in [3.8, 4) is 0 Å². The van der Waals surface area contributed by atoms with E-state index in [-0.39, 0.29) is 11.9 Å². The Morgan fingerprint density at radius 1 is 0.630 bits per heavy atom. The van der Waals surface area contributed by atoms with Crippen molar-refractivity contribution in [3.63, 3.8) is 0 Å². The molecule has 3 rings (SSSR count). The molecule has 6 heteroatoms. The number of benzene rings is 3. The third-order valence-electron chi connectivity index (χ3n) is 3.57. The first-order chi connectivity index (χ1) is 13.2. The summed E-state index contributed by atoms with van der Waals surface area (Å²) >= 11 is 1.44. The van der Waals surface area contributed by atoms with Gasteiger partial charge in [-0.2, -0.15) is 0 Å². The molecular weight excluding hydrogens is 358 g/mol. The number of para-hydroxylation sites is 2. The zero-order chi connectivity index (χ0) is 18.9. The van der Waals surface area contributed by atoms with E-state index in [1.165, 1.54) is 11.8 Å². The highest BCUT2D eigenvalue weighted by molar-refractivity contribution is 8.00. The van der Waals surface area contributed by atoms with Crippen LogP contribution in [0.5, 0.6) is 0 Å². The molecule has 0 unspecified atom stereocenters. The van der Waals surface area contributed by atoms with E-state index < -0.39 is 0 Å². The van der Waals surface area contributed by atoms with E-state index in [1.807, 2.05) is 84.9 Å². The molecule has 3 N–H and O–H groups in total. The fourth-order valence-electron chi connectivity index (χ4n) is 2.32. The Labute approximate surface area is 162 Å². The molecule has 3 amide bonds. The van der Waals surface area contributed by atoms with Gasteiger partial charge in [-0.1, -0.05) is 36.4 Å². The van der Waals surface area contributed by atoms with E-state index in [2.05, 4.69) is 16.0 Å². The molecule has 0 bridgehead atoms. The SMILES string of the molecule is O=C(CSc1ccc(NC(=O)Nc2ccccc2)cc1)Nc1ccccc1. The van der Waals surface area contributed by atoms with Crippen molar-refractivity contribution in [2.24, 2.45) is 0 Å². The largest absolute Gasteiger partial charge is 0.325 e. The van der Waals surface area contributed by atoms with Crippen LogP contribution in [0.1, 0.15) is 0 Å². The average molecular weight is 377 g/mol. The summed E-state index contributed by atoms with van der Waals surface area (Å²) in [6.45, 7) is 0. The van der Waals surface area contributed by atoms with Gasteiger partial charge in [0.05, 0.1) is 5.75 Å². The second-order valence-electron chi connectivity index (χ2n) is 5.67. The lowest BCUT2D eigenvalue weighted by Gasteiger charge is -2.08. The smallest absolute Gasteiger partial charge is 0.323 e. The van der Waals surface area contributed by atoms with E-state index >= 15 is 0 Å². The lowest BCUT2D eigenvalue weighted by Crippen LogP contribution is -2.19. The number of carbonyl (C=O) groups is 2. The molecule has 0 aliphatic rings. The van der Waals surface area contributed by atoms with Gasteiger partial charge in [0.1, 0.15) is 0 Å². The molecule has 0 atom stereocenters. The van der Waals surface area contributed by atoms with E-state index in [9.17, 15) is 9.59 Å². The lowest BCUT2D eigenvalue weighted by molar-refractivity contribution is -0.113. The molecule has 3 aromatic rings. The van der Waals surface area contributed by atoms with Gasteiger partial charge in [-0.3, -0.25) is 4.79 Å². The summed E-state index contributed by atoms with van der Waals surface area (Å²) in [7, 11) is 0. The normalized spacial score (nSPS) is 10.1. The minimum Gasteiger partial charge on any atom is -0.325 e. The number of hydrogen-bond donors (Lipinski definition) is 3. The first-order valence-corrected chi connectivity index (χ1v) is 9.38. The number of thioether (sulfide) groups is 1. The van der Waals surface area contributed by atoms with Crippen molar-refractivity contribution >= 4 is 40.8 Å². The summed E-state index contributed by atoms with van der Waals surface area (Å²) < 4.78 is 0. The summed E-state index contributed by atoms with van der Waals surface area (Å²) in [6, 6.07) is 25.7. The van der Waals surface area contributed by atoms with Crippen LogP contribution in [0.15, 0.2) is 89.8 Å². The van der Waals surface area contributed by atoms with Crippen LogP contribution in [0.2, 0.25) is 0 Å². The summed E-state index contributed by atoms with van der Waals surface area (Å²) in [5.74, 6) is 0.256. The van der Waals surface area contributed by atoms with Crippen molar-refractivity contribution in [2.75, 3.05) is 21.7 Å². The van der Waals surface area contributed by atoms with Gasteiger partial charge in [0.25, 0.3) is 0 Å². The highest BCUT2D eigenvalue weighted by atomic mass is 32.2. The fourth-order valence-corrected chi connectivity index (χ4v) is 3.02. The van der Waals surface area contributed by atoms with Crippen LogP contribution in [-0.4, -0.2) is 17.7 Å². The Bertz CT molecular complexity index is 884. The lowest BCUT2D eigenvalue weighted by atomic mass is 10.3. The van der Waals surface area contributed by atoms with Crippen LogP contribution in [0.4, 0.5) is 21.9 Å². The number of carbonyl (C=O) groups excluding carboxylic acids is 2. The Hall–Kier alpha value is -3.25. The van der Waals surface area contributed by atoms with Crippen molar-refractivity contribution < 1.29 is 9.59 Å². The minimum atomic E-state index is -0.302. The Balaban J connectivity index is 1.45. The van der Waals surface area contributed by atoms with E-state index in [0.29, 0.717) is 11.4 Å². The third kappa shape index (κ3) is 6.20. The molecule has 0 heterocycles. The highest BCUT2D eigenvalue weighted by Gasteiger charge is 2.05. The summed E-state index contributed by atoms with van der Waals surface area (Å²) in [6.07, 6.45) is 0. The first-order valence-electron chi connectivity index (χ1n) is 8.40. The van der Waals surface area contributed by atoms with Crippen LogP contribution in [0.25, 0.3) is 0 Å². The van der Waals surface area contributed by atoms with Gasteiger partial charge in [0.2, 0.25) is 5.91 Å². The average Bonchev–Trinajstić information content (AvgIpc) is 2.69. The minimum absolute atomic E-state index is 0.0596. The molecule has 5 nitrogen and oxygen atoms in total. The quantitative estimate of drug-likeness (QED) is 0.526. The van der Waals surface area contributed by atoms with Gasteiger partial charge in [0, 0.05) is 22.0 Å². The number of hydrogen-bond acceptors (Lipinski definition) is 3. The van der Waals surface area contributed by atoms with Gasteiger partial charge in [-0.05, 0) is 48.5 Å². The van der Waals surface area contributed by atoms with Crippen LogP contribution in [0.3, 0.4) is 0 Å². The maximum Gasteiger partial charge on any atom is 0.323 e. The molecule has 27 heavy (non-hydrogen) atoms. The number of nitrogens with one attached hydrogen (secondary N) is 3. The summed E-state index contributed by atoms with van der Waals surface area (Å²) in [5, 5.41) is 8.38. The number of anilines is 3. The Kier molecular flexibility index (Phi) is 6.49. The molecule has 0 saturated heterocycles. The zero-order valence-corrected chi connectivity index (χ0v) is 15.3. The predicted octanol–water partition coefficient (Wildman–Crippen LogP) is 5.06. The molecule has 0 aliphatic heterocycles. The zero-order valence-electron chi connectivity index (χ0n) is 14.5. The second-order valence-corrected chi connectivity index (χ2v) is 6.72. The summed E-state index contributed by atoms with van der Waals surface area (Å²) in [4.78, 5) is 24.9. The topological polar surface area (TPSA) is 70.2 Å². The number of rotatable bonds is 6. The Morgan fingerprint density at radius 2 is 1.11 bits per heavy atom. The van der Waals surface area contributed by atoms with Crippen molar-refractivity contribution in [3.05, 3.63) is 84.9 Å². The van der Waals surface area contributed by atoms with Crippen LogP contribution < -0.4 is 16.0 Å². The molecule has 0 radical (unpaired) electrons. The number of urea groups is 1. The highest BCUT2D eigenvalue weighted by Crippen LogP contribution is 2.21. The van der Waals surface area contributed by atoms with Gasteiger partial charge in [-0.25, -0.2) is 4.79 Å². The molecule has 3 aromatic carbocycles. The van der Waals surface area contributed by atoms with E-state index in [4.69, 9.17) is 0 Å². The van der Waals surface area contributed by atoms with Crippen molar-refractivity contribution in [1.82, 2.24) is 0 Å². The van der Waals surface area contributed by atoms with Crippen LogP contribution in [0, 0.1) is 0 Å². The molecule has 0 saturated carbocycles. The van der Waals surface area contributed by atoms with Gasteiger partial charge in [0.15, 0.2) is 0 Å². The van der Waals surface area contributed by atoms with Crippen LogP contribution >= 0.6 is 11.8 Å². The second kappa shape index (κ2) is 9.45. The molecule has 136 valence electrons. The van der Waals surface area contributed by atoms with Crippen LogP contribution in [-0.2, 0) is 4.79 Å². The summed E-state index contributed by atoms with van der Waals surface area (Å²) in [5.41, 5.74) is 2.19.